The highest BCUT2D eigenvalue weighted by molar-refractivity contribution is 5.73. The molecule has 0 spiro atoms. The van der Waals surface area contributed by atoms with E-state index in [2.05, 4.69) is 25.2 Å². The molecule has 38 heavy (non-hydrogen) atoms. The molecule has 0 bridgehead atoms. The summed E-state index contributed by atoms with van der Waals surface area (Å²) in [5.41, 5.74) is -0.854. The first-order valence-electron chi connectivity index (χ1n) is 12.3. The van der Waals surface area contributed by atoms with Gasteiger partial charge in [-0.2, -0.15) is 4.98 Å². The number of ether oxygens (including phenoxy) is 1. The molecule has 1 aromatic carbocycles. The van der Waals surface area contributed by atoms with E-state index in [-0.39, 0.29) is 17.6 Å². The van der Waals surface area contributed by atoms with Crippen molar-refractivity contribution in [1.82, 2.24) is 25.3 Å². The monoisotopic (exact) mass is 531 g/mol. The molecule has 0 unspecified atom stereocenters. The van der Waals surface area contributed by atoms with Crippen LogP contribution < -0.4 is 10.1 Å². The fourth-order valence-electron chi connectivity index (χ4n) is 5.24. The Morgan fingerprint density at radius 2 is 1.84 bits per heavy atom. The van der Waals surface area contributed by atoms with Gasteiger partial charge in [-0.15, -0.1) is 13.2 Å². The zero-order valence-electron chi connectivity index (χ0n) is 21.0. The maximum Gasteiger partial charge on any atom is 0.573 e. The SMILES string of the molecule is CC(=O)N1CCC(c2nc(-c3cncc([C@@](O)(c4ccc(OC(F)(F)F)cc4)C4(C)CNC4)c3)no2)CC1. The van der Waals surface area contributed by atoms with Gasteiger partial charge in [0.05, 0.1) is 0 Å². The molecule has 0 radical (unpaired) electrons. The summed E-state index contributed by atoms with van der Waals surface area (Å²) in [5.74, 6) is 0.511. The highest BCUT2D eigenvalue weighted by atomic mass is 19.4. The number of pyridine rings is 1. The van der Waals surface area contributed by atoms with Gasteiger partial charge in [-0.25, -0.2) is 0 Å². The Balaban J connectivity index is 1.44. The van der Waals surface area contributed by atoms with Crippen molar-refractivity contribution < 1.29 is 32.3 Å². The lowest BCUT2D eigenvalue weighted by Crippen LogP contribution is -2.63. The molecule has 3 aromatic rings. The van der Waals surface area contributed by atoms with Crippen molar-refractivity contribution in [1.29, 1.82) is 0 Å². The second-order valence-corrected chi connectivity index (χ2v) is 10.1. The summed E-state index contributed by atoms with van der Waals surface area (Å²) in [5, 5.41) is 19.5. The lowest BCUT2D eigenvalue weighted by Gasteiger charge is -2.52. The van der Waals surface area contributed by atoms with Crippen molar-refractivity contribution in [2.75, 3.05) is 26.2 Å². The number of aliphatic hydroxyl groups is 1. The molecule has 2 fully saturated rings. The molecule has 2 aliphatic rings. The molecule has 202 valence electrons. The van der Waals surface area contributed by atoms with Crippen molar-refractivity contribution in [3.05, 3.63) is 59.7 Å². The summed E-state index contributed by atoms with van der Waals surface area (Å²) in [6.07, 6.45) is -0.269. The van der Waals surface area contributed by atoms with Gasteiger partial charge in [0, 0.05) is 68.0 Å². The maximum absolute atomic E-state index is 12.6. The minimum absolute atomic E-state index is 0.0392. The fourth-order valence-corrected chi connectivity index (χ4v) is 5.24. The minimum atomic E-state index is -4.81. The smallest absolute Gasteiger partial charge is 0.406 e. The normalized spacial score (nSPS) is 19.5. The Morgan fingerprint density at radius 1 is 1.16 bits per heavy atom. The number of carbonyl (C=O) groups is 1. The third-order valence-electron chi connectivity index (χ3n) is 7.55. The van der Waals surface area contributed by atoms with Crippen molar-refractivity contribution in [3.63, 3.8) is 0 Å². The van der Waals surface area contributed by atoms with Gasteiger partial charge < -0.3 is 24.6 Å². The molecule has 4 heterocycles. The van der Waals surface area contributed by atoms with E-state index >= 15 is 0 Å². The van der Waals surface area contributed by atoms with Crippen LogP contribution >= 0.6 is 0 Å². The van der Waals surface area contributed by atoms with E-state index in [1.807, 2.05) is 6.92 Å². The largest absolute Gasteiger partial charge is 0.573 e. The summed E-state index contributed by atoms with van der Waals surface area (Å²) in [6, 6.07) is 6.95. The van der Waals surface area contributed by atoms with E-state index in [4.69, 9.17) is 4.52 Å². The van der Waals surface area contributed by atoms with Crippen LogP contribution in [-0.2, 0) is 10.4 Å². The second-order valence-electron chi connectivity index (χ2n) is 10.1. The number of rotatable bonds is 6. The second kappa shape index (κ2) is 9.66. The number of nitrogens with zero attached hydrogens (tertiary/aromatic N) is 4. The number of hydrogen-bond acceptors (Lipinski definition) is 8. The Hall–Kier alpha value is -3.51. The quantitative estimate of drug-likeness (QED) is 0.496. The van der Waals surface area contributed by atoms with Gasteiger partial charge in [0.25, 0.3) is 0 Å². The number of likely N-dealkylation sites (tertiary alicyclic amines) is 1. The molecule has 9 nitrogen and oxygen atoms in total. The number of nitrogens with one attached hydrogen (secondary N) is 1. The zero-order chi connectivity index (χ0) is 27.1. The number of alkyl halides is 3. The molecular weight excluding hydrogens is 503 g/mol. The van der Waals surface area contributed by atoms with Crippen LogP contribution in [-0.4, -0.2) is 63.6 Å². The number of aromatic nitrogens is 3. The standard InChI is InChI=1S/C26H28F3N5O4/c1-16(35)34-9-7-17(8-10-34)23-32-22(33-38-23)18-11-20(13-30-12-18)25(36,24(2)14-31-15-24)19-3-5-21(6-4-19)37-26(27,28)29/h3-6,11-13,17,31,36H,7-10,14-15H2,1-2H3/t25-/m0/s1. The lowest BCUT2D eigenvalue weighted by molar-refractivity contribution is -0.274. The van der Waals surface area contributed by atoms with Gasteiger partial charge in [0.15, 0.2) is 0 Å². The number of benzene rings is 1. The Kier molecular flexibility index (Phi) is 6.64. The summed E-state index contributed by atoms with van der Waals surface area (Å²) >= 11 is 0. The van der Waals surface area contributed by atoms with Crippen LogP contribution in [0.4, 0.5) is 13.2 Å². The topological polar surface area (TPSA) is 114 Å². The minimum Gasteiger partial charge on any atom is -0.406 e. The van der Waals surface area contributed by atoms with E-state index in [0.717, 1.165) is 12.8 Å². The predicted octanol–water partition coefficient (Wildman–Crippen LogP) is 3.60. The Morgan fingerprint density at radius 3 is 2.42 bits per heavy atom. The third-order valence-corrected chi connectivity index (χ3v) is 7.55. The van der Waals surface area contributed by atoms with E-state index in [1.165, 1.54) is 30.5 Å². The van der Waals surface area contributed by atoms with E-state index < -0.39 is 17.4 Å². The van der Waals surface area contributed by atoms with Gasteiger partial charge in [-0.05, 0) is 36.6 Å². The number of halogens is 3. The number of piperidine rings is 1. The first-order valence-corrected chi connectivity index (χ1v) is 12.3. The van der Waals surface area contributed by atoms with Gasteiger partial charge in [0.1, 0.15) is 11.4 Å². The van der Waals surface area contributed by atoms with Crippen LogP contribution in [0.1, 0.15) is 49.6 Å². The van der Waals surface area contributed by atoms with Crippen LogP contribution in [0.2, 0.25) is 0 Å². The Bertz CT molecular complexity index is 1300. The highest BCUT2D eigenvalue weighted by Crippen LogP contribution is 2.48. The highest BCUT2D eigenvalue weighted by Gasteiger charge is 2.53. The van der Waals surface area contributed by atoms with Gasteiger partial charge in [-0.1, -0.05) is 24.2 Å². The fraction of sp³-hybridized carbons (Fsp3) is 0.462. The predicted molar refractivity (Wildman–Crippen MR) is 129 cm³/mol. The van der Waals surface area contributed by atoms with Crippen LogP contribution in [0, 0.1) is 5.41 Å². The van der Waals surface area contributed by atoms with Gasteiger partial charge in [0.2, 0.25) is 17.6 Å². The maximum atomic E-state index is 12.6. The summed E-state index contributed by atoms with van der Waals surface area (Å²) in [4.78, 5) is 22.3. The average molecular weight is 532 g/mol. The number of hydrogen-bond donors (Lipinski definition) is 2. The van der Waals surface area contributed by atoms with Crippen LogP contribution in [0.25, 0.3) is 11.4 Å². The van der Waals surface area contributed by atoms with Crippen LogP contribution in [0.3, 0.4) is 0 Å². The van der Waals surface area contributed by atoms with Crippen LogP contribution in [0.5, 0.6) is 5.75 Å². The number of carbonyl (C=O) groups excluding carboxylic acids is 1. The molecule has 2 N–H and O–H groups in total. The number of amides is 1. The first-order chi connectivity index (χ1) is 18.0. The molecule has 2 aromatic heterocycles. The van der Waals surface area contributed by atoms with Crippen molar-refractivity contribution >= 4 is 5.91 Å². The van der Waals surface area contributed by atoms with Crippen molar-refractivity contribution in [3.8, 4) is 17.1 Å². The van der Waals surface area contributed by atoms with E-state index in [0.29, 0.717) is 54.6 Å². The van der Waals surface area contributed by atoms with Crippen LogP contribution in [0.15, 0.2) is 47.2 Å². The zero-order valence-corrected chi connectivity index (χ0v) is 21.0. The van der Waals surface area contributed by atoms with E-state index in [9.17, 15) is 23.1 Å². The molecule has 12 heteroatoms. The summed E-state index contributed by atoms with van der Waals surface area (Å²) < 4.78 is 47.5. The van der Waals surface area contributed by atoms with Gasteiger partial charge in [-0.3, -0.25) is 9.78 Å². The Labute approximate surface area is 217 Å². The molecule has 2 aliphatic heterocycles. The molecule has 0 saturated carbocycles. The van der Waals surface area contributed by atoms with Crippen molar-refractivity contribution in [2.24, 2.45) is 5.41 Å². The van der Waals surface area contributed by atoms with Crippen molar-refractivity contribution in [2.45, 2.75) is 44.6 Å². The molecule has 5 rings (SSSR count). The summed E-state index contributed by atoms with van der Waals surface area (Å²) in [6.45, 7) is 5.68. The molecular formula is C26H28F3N5O4. The third kappa shape index (κ3) is 4.85. The molecule has 1 amide bonds. The summed E-state index contributed by atoms with van der Waals surface area (Å²) in [7, 11) is 0. The van der Waals surface area contributed by atoms with E-state index in [1.54, 1.807) is 24.1 Å². The molecule has 2 saturated heterocycles. The lowest BCUT2D eigenvalue weighted by atomic mass is 9.63. The average Bonchev–Trinajstić information content (AvgIpc) is 3.37. The molecule has 0 aliphatic carbocycles. The first kappa shape index (κ1) is 26.1. The van der Waals surface area contributed by atoms with Gasteiger partial charge >= 0.3 is 6.36 Å². The molecule has 1 atom stereocenters.